The molecule has 3 N–H and O–H groups in total. The topological polar surface area (TPSA) is 164 Å². The summed E-state index contributed by atoms with van der Waals surface area (Å²) in [6.45, 7) is -0.0354. The molecule has 2 aliphatic heterocycles. The Hall–Kier alpha value is -3.14. The minimum Gasteiger partial charge on any atom is -0.511 e. The minimum atomic E-state index is -4.32. The van der Waals surface area contributed by atoms with Crippen LogP contribution in [0.1, 0.15) is 30.4 Å². The van der Waals surface area contributed by atoms with E-state index in [0.717, 1.165) is 42.4 Å². The molecule has 2 aliphatic carbocycles. The van der Waals surface area contributed by atoms with Gasteiger partial charge in [-0.1, -0.05) is 0 Å². The fraction of sp³-hybridized carbons (Fsp3) is 0.462. The number of nitrogens with zero attached hydrogens (tertiary/aromatic N) is 2. The number of benzene rings is 1. The summed E-state index contributed by atoms with van der Waals surface area (Å²) < 4.78 is 67.0. The number of anilines is 1. The van der Waals surface area contributed by atoms with Crippen molar-refractivity contribution in [2.45, 2.75) is 43.3 Å². The van der Waals surface area contributed by atoms with Crippen molar-refractivity contribution in [2.24, 2.45) is 22.2 Å². The molecule has 2 bridgehead atoms. The zero-order chi connectivity index (χ0) is 29.3. The Morgan fingerprint density at radius 1 is 1.20 bits per heavy atom. The molecule has 2 saturated carbocycles. The summed E-state index contributed by atoms with van der Waals surface area (Å²) in [7, 11) is -4.79. The van der Waals surface area contributed by atoms with Crippen molar-refractivity contribution in [3.05, 3.63) is 46.0 Å². The molecule has 3 heterocycles. The molecule has 4 aliphatic rings. The number of nitrogens with one attached hydrogen (secondary N) is 2. The Balaban J connectivity index is 1.39. The molecule has 1 amide bonds. The summed E-state index contributed by atoms with van der Waals surface area (Å²) in [5.41, 5.74) is 0.823. The fourth-order valence-corrected chi connectivity index (χ4v) is 9.73. The predicted octanol–water partition coefficient (Wildman–Crippen LogP) is 2.60. The monoisotopic (exact) mass is 622 g/mol. The molecule has 1 aromatic heterocycles. The third-order valence-corrected chi connectivity index (χ3v) is 11.5. The first-order valence-corrected chi connectivity index (χ1v) is 17.2. The number of aliphatic hydroxyl groups is 1. The van der Waals surface area contributed by atoms with Crippen LogP contribution in [0.3, 0.4) is 0 Å². The van der Waals surface area contributed by atoms with E-state index in [9.17, 15) is 26.7 Å². The summed E-state index contributed by atoms with van der Waals surface area (Å²) in [6, 6.07) is 5.12. The number of carbonyl (C=O) groups is 1. The first-order valence-electron chi connectivity index (χ1n) is 13.0. The summed E-state index contributed by atoms with van der Waals surface area (Å²) in [5.74, 6) is 0.317. The van der Waals surface area contributed by atoms with Gasteiger partial charge in [0.1, 0.15) is 32.7 Å². The molecule has 0 unspecified atom stereocenters. The highest BCUT2D eigenvalue weighted by Crippen LogP contribution is 2.55. The van der Waals surface area contributed by atoms with E-state index in [-0.39, 0.29) is 69.5 Å². The lowest BCUT2D eigenvalue weighted by atomic mass is 9.77. The van der Waals surface area contributed by atoms with Crippen molar-refractivity contribution in [3.8, 4) is 11.5 Å². The van der Waals surface area contributed by atoms with Crippen LogP contribution in [0, 0.1) is 17.8 Å². The van der Waals surface area contributed by atoms with Crippen molar-refractivity contribution in [1.82, 2.24) is 9.62 Å². The van der Waals surface area contributed by atoms with Crippen LogP contribution in [0.2, 0.25) is 0 Å². The van der Waals surface area contributed by atoms with Crippen LogP contribution in [0.25, 0.3) is 0 Å². The lowest BCUT2D eigenvalue weighted by molar-refractivity contribution is -0.134. The number of rotatable bonds is 8. The molecule has 0 radical (unpaired) electrons. The summed E-state index contributed by atoms with van der Waals surface area (Å²) >= 11 is 1.05. The third kappa shape index (κ3) is 4.77. The summed E-state index contributed by atoms with van der Waals surface area (Å²) in [4.78, 5) is 15.7. The zero-order valence-electron chi connectivity index (χ0n) is 22.6. The molecule has 0 saturated heterocycles. The maximum atomic E-state index is 14.2. The van der Waals surface area contributed by atoms with Gasteiger partial charge in [0.25, 0.3) is 15.9 Å². The van der Waals surface area contributed by atoms with Gasteiger partial charge in [-0.2, -0.15) is 8.42 Å². The van der Waals surface area contributed by atoms with Crippen LogP contribution < -0.4 is 19.5 Å². The fourth-order valence-electron chi connectivity index (χ4n) is 6.70. The number of ether oxygens (including phenoxy) is 2. The molecular formula is C26H30N4O8S3. The molecule has 41 heavy (non-hydrogen) atoms. The van der Waals surface area contributed by atoms with Crippen molar-refractivity contribution in [3.63, 3.8) is 0 Å². The quantitative estimate of drug-likeness (QED) is 0.402. The van der Waals surface area contributed by atoms with Crippen LogP contribution in [-0.4, -0.2) is 65.1 Å². The number of methoxy groups -OCH3 is 2. The van der Waals surface area contributed by atoms with Crippen LogP contribution in [0.15, 0.2) is 44.2 Å². The van der Waals surface area contributed by atoms with Crippen molar-refractivity contribution >= 4 is 48.1 Å². The van der Waals surface area contributed by atoms with E-state index in [0.29, 0.717) is 11.5 Å². The van der Waals surface area contributed by atoms with Crippen LogP contribution in [-0.2, 0) is 37.9 Å². The Bertz CT molecular complexity index is 1710. The molecule has 2 aromatic rings. The van der Waals surface area contributed by atoms with Crippen molar-refractivity contribution in [1.29, 1.82) is 0 Å². The summed E-state index contributed by atoms with van der Waals surface area (Å²) in [5, 5.41) is 16.2. The zero-order valence-corrected chi connectivity index (χ0v) is 25.0. The Kier molecular flexibility index (Phi) is 6.83. The molecule has 0 spiro atoms. The van der Waals surface area contributed by atoms with Gasteiger partial charge in [0.05, 0.1) is 20.5 Å². The van der Waals surface area contributed by atoms with Gasteiger partial charge < -0.3 is 24.8 Å². The number of amidine groups is 1. The Morgan fingerprint density at radius 2 is 1.95 bits per heavy atom. The number of sulfonamides is 2. The molecular weight excluding hydrogens is 593 g/mol. The lowest BCUT2D eigenvalue weighted by Gasteiger charge is -2.44. The van der Waals surface area contributed by atoms with Gasteiger partial charge in [-0.05, 0) is 48.6 Å². The van der Waals surface area contributed by atoms with Crippen LogP contribution in [0.4, 0.5) is 5.00 Å². The van der Waals surface area contributed by atoms with Crippen LogP contribution >= 0.6 is 11.3 Å². The van der Waals surface area contributed by atoms with E-state index in [2.05, 4.69) is 14.4 Å². The Labute approximate surface area is 242 Å². The van der Waals surface area contributed by atoms with E-state index in [1.54, 1.807) is 24.1 Å². The SMILES string of the molecule is COc1ccc(CN2C(=O)C(C3=NS(=O)(=O)c4c(CNS(C)(=O)=O)csc4N3)=C(O)[C@@H]3[C@H]4CC[C@H](C4)[C@@H]32)c(OC)c1. The number of hydrogen-bond acceptors (Lipinski definition) is 10. The van der Waals surface area contributed by atoms with Gasteiger partial charge >= 0.3 is 0 Å². The van der Waals surface area contributed by atoms with Gasteiger partial charge in [0.15, 0.2) is 5.84 Å². The molecule has 1 aromatic carbocycles. The highest BCUT2D eigenvalue weighted by Gasteiger charge is 2.57. The minimum absolute atomic E-state index is 0.134. The molecule has 4 atom stereocenters. The van der Waals surface area contributed by atoms with Crippen molar-refractivity contribution in [2.75, 3.05) is 25.8 Å². The third-order valence-electron chi connectivity index (χ3n) is 8.39. The maximum absolute atomic E-state index is 14.2. The smallest absolute Gasteiger partial charge is 0.287 e. The molecule has 12 nitrogen and oxygen atoms in total. The van der Waals surface area contributed by atoms with Gasteiger partial charge in [-0.25, -0.2) is 13.1 Å². The second-order valence-corrected chi connectivity index (χ2v) is 15.0. The number of amides is 1. The molecule has 6 rings (SSSR count). The predicted molar refractivity (Wildman–Crippen MR) is 152 cm³/mol. The average molecular weight is 623 g/mol. The lowest BCUT2D eigenvalue weighted by Crippen LogP contribution is -2.53. The average Bonchev–Trinajstić information content (AvgIpc) is 3.64. The van der Waals surface area contributed by atoms with Crippen LogP contribution in [0.5, 0.6) is 11.5 Å². The molecule has 220 valence electrons. The van der Waals surface area contributed by atoms with Gasteiger partial charge in [0.2, 0.25) is 10.0 Å². The van der Waals surface area contributed by atoms with E-state index in [1.165, 1.54) is 12.5 Å². The first-order chi connectivity index (χ1) is 19.4. The Morgan fingerprint density at radius 3 is 2.66 bits per heavy atom. The molecule has 2 fully saturated rings. The number of carbonyl (C=O) groups excluding carboxylic acids is 1. The van der Waals surface area contributed by atoms with E-state index in [4.69, 9.17) is 9.47 Å². The largest absolute Gasteiger partial charge is 0.511 e. The molecule has 15 heteroatoms. The second-order valence-electron chi connectivity index (χ2n) is 10.8. The van der Waals surface area contributed by atoms with Gasteiger partial charge in [0, 0.05) is 42.2 Å². The number of thiophene rings is 1. The number of fused-ring (bicyclic) bond motifs is 6. The first kappa shape index (κ1) is 28.0. The maximum Gasteiger partial charge on any atom is 0.287 e. The van der Waals surface area contributed by atoms with Crippen molar-refractivity contribution < 1.29 is 36.2 Å². The normalized spacial score (nSPS) is 26.4. The van der Waals surface area contributed by atoms with E-state index >= 15 is 0 Å². The highest BCUT2D eigenvalue weighted by molar-refractivity contribution is 7.91. The number of aliphatic hydroxyl groups excluding tert-OH is 1. The summed E-state index contributed by atoms with van der Waals surface area (Å²) in [6.07, 6.45) is 3.73. The van der Waals surface area contributed by atoms with Gasteiger partial charge in [-0.15, -0.1) is 15.7 Å². The van der Waals surface area contributed by atoms with Gasteiger partial charge in [-0.3, -0.25) is 4.79 Å². The second kappa shape index (κ2) is 10.00. The van der Waals surface area contributed by atoms with E-state index < -0.39 is 26.0 Å². The highest BCUT2D eigenvalue weighted by atomic mass is 32.2. The standard InChI is InChI=1S/C26H30N4O8S3/c1-37-17-7-6-15(18(9-17)38-2)11-30-21-14-5-4-13(8-14)19(21)22(31)20(26(30)32)24-28-25-23(41(35,36)29-24)16(12-39-25)10-27-40(3,33)34/h6-7,9,12-14,19,21,27,31H,4-5,8,10-11H2,1-3H3,(H,28,29)/t13-,14+,19+,21-/m0/s1. The van der Waals surface area contributed by atoms with E-state index in [1.807, 2.05) is 6.07 Å². The number of hydrogen-bond donors (Lipinski definition) is 3.